The van der Waals surface area contributed by atoms with E-state index in [0.29, 0.717) is 4.47 Å². The Bertz CT molecular complexity index is 384. The van der Waals surface area contributed by atoms with Crippen LogP contribution in [-0.2, 0) is 4.79 Å². The average Bonchev–Trinajstić information content (AvgIpc) is 2.19. The van der Waals surface area contributed by atoms with E-state index in [1.54, 1.807) is 19.2 Å². The minimum atomic E-state index is -0.989. The molecule has 15 heavy (non-hydrogen) atoms. The summed E-state index contributed by atoms with van der Waals surface area (Å²) < 4.78 is 14.1. The SMILES string of the molecule is CC(C(=O)O)N(C)c1cc(Br)ccc1F. The first-order chi connectivity index (χ1) is 6.93. The number of carboxylic acids is 1. The molecule has 0 amide bonds. The second kappa shape index (κ2) is 4.61. The Morgan fingerprint density at radius 3 is 2.73 bits per heavy atom. The van der Waals surface area contributed by atoms with Crippen LogP contribution >= 0.6 is 15.9 Å². The molecule has 0 saturated heterocycles. The van der Waals surface area contributed by atoms with Crippen molar-refractivity contribution in [1.82, 2.24) is 0 Å². The lowest BCUT2D eigenvalue weighted by atomic mass is 10.2. The number of halogens is 2. The third-order valence-corrected chi connectivity index (χ3v) is 2.72. The number of rotatable bonds is 3. The van der Waals surface area contributed by atoms with E-state index in [9.17, 15) is 9.18 Å². The average molecular weight is 276 g/mol. The number of anilines is 1. The van der Waals surface area contributed by atoms with Crippen LogP contribution in [0.4, 0.5) is 10.1 Å². The zero-order valence-electron chi connectivity index (χ0n) is 8.37. The number of benzene rings is 1. The van der Waals surface area contributed by atoms with Crippen LogP contribution in [0.3, 0.4) is 0 Å². The number of aliphatic carboxylic acids is 1. The lowest BCUT2D eigenvalue weighted by Gasteiger charge is -2.24. The van der Waals surface area contributed by atoms with Crippen LogP contribution in [0.25, 0.3) is 0 Å². The van der Waals surface area contributed by atoms with Crippen molar-refractivity contribution < 1.29 is 14.3 Å². The Morgan fingerprint density at radius 1 is 1.60 bits per heavy atom. The summed E-state index contributed by atoms with van der Waals surface area (Å²) in [5.41, 5.74) is 0.263. The molecule has 0 fully saturated rings. The van der Waals surface area contributed by atoms with E-state index in [4.69, 9.17) is 5.11 Å². The first-order valence-corrected chi connectivity index (χ1v) is 5.13. The van der Waals surface area contributed by atoms with E-state index in [-0.39, 0.29) is 5.69 Å². The van der Waals surface area contributed by atoms with Gasteiger partial charge in [-0.05, 0) is 25.1 Å². The Kier molecular flexibility index (Phi) is 3.68. The summed E-state index contributed by atoms with van der Waals surface area (Å²) in [7, 11) is 1.55. The first-order valence-electron chi connectivity index (χ1n) is 4.34. The Labute approximate surface area is 95.6 Å². The maximum atomic E-state index is 13.4. The van der Waals surface area contributed by atoms with Gasteiger partial charge in [0.15, 0.2) is 0 Å². The van der Waals surface area contributed by atoms with Gasteiger partial charge in [0.2, 0.25) is 0 Å². The number of hydrogen-bond acceptors (Lipinski definition) is 2. The van der Waals surface area contributed by atoms with Crippen LogP contribution in [0.5, 0.6) is 0 Å². The molecule has 0 radical (unpaired) electrons. The van der Waals surface area contributed by atoms with E-state index < -0.39 is 17.8 Å². The summed E-state index contributed by atoms with van der Waals surface area (Å²) in [6, 6.07) is 3.64. The highest BCUT2D eigenvalue weighted by atomic mass is 79.9. The van der Waals surface area contributed by atoms with Crippen molar-refractivity contribution >= 4 is 27.6 Å². The molecule has 1 rings (SSSR count). The highest BCUT2D eigenvalue weighted by Crippen LogP contribution is 2.24. The van der Waals surface area contributed by atoms with Crippen molar-refractivity contribution in [3.8, 4) is 0 Å². The maximum Gasteiger partial charge on any atom is 0.326 e. The summed E-state index contributed by atoms with van der Waals surface area (Å²) in [4.78, 5) is 12.1. The zero-order chi connectivity index (χ0) is 11.6. The fraction of sp³-hybridized carbons (Fsp3) is 0.300. The molecule has 1 atom stereocenters. The smallest absolute Gasteiger partial charge is 0.326 e. The first kappa shape index (κ1) is 12.0. The van der Waals surface area contributed by atoms with Gasteiger partial charge in [-0.3, -0.25) is 0 Å². The van der Waals surface area contributed by atoms with Gasteiger partial charge in [-0.1, -0.05) is 15.9 Å². The van der Waals surface area contributed by atoms with Gasteiger partial charge in [-0.25, -0.2) is 9.18 Å². The van der Waals surface area contributed by atoms with Gasteiger partial charge in [-0.15, -0.1) is 0 Å². The largest absolute Gasteiger partial charge is 0.480 e. The third-order valence-electron chi connectivity index (χ3n) is 2.23. The number of carboxylic acid groups (broad SMARTS) is 1. The molecule has 0 aliphatic carbocycles. The molecule has 0 aliphatic heterocycles. The van der Waals surface area contributed by atoms with Crippen LogP contribution in [0.15, 0.2) is 22.7 Å². The van der Waals surface area contributed by atoms with Crippen molar-refractivity contribution in [2.75, 3.05) is 11.9 Å². The van der Waals surface area contributed by atoms with Crippen LogP contribution < -0.4 is 4.90 Å². The molecule has 0 aromatic heterocycles. The van der Waals surface area contributed by atoms with Crippen molar-refractivity contribution in [2.24, 2.45) is 0 Å². The second-order valence-electron chi connectivity index (χ2n) is 3.22. The van der Waals surface area contributed by atoms with Crippen LogP contribution in [0.1, 0.15) is 6.92 Å². The van der Waals surface area contributed by atoms with Crippen LogP contribution in [0.2, 0.25) is 0 Å². The van der Waals surface area contributed by atoms with E-state index in [2.05, 4.69) is 15.9 Å². The van der Waals surface area contributed by atoms with Gasteiger partial charge in [0.25, 0.3) is 0 Å². The molecule has 1 aromatic rings. The summed E-state index contributed by atoms with van der Waals surface area (Å²) >= 11 is 3.21. The molecule has 5 heteroatoms. The molecule has 0 aliphatic rings. The predicted molar refractivity (Wildman–Crippen MR) is 59.6 cm³/mol. The van der Waals surface area contributed by atoms with Crippen molar-refractivity contribution in [3.05, 3.63) is 28.5 Å². The zero-order valence-corrected chi connectivity index (χ0v) is 9.95. The third kappa shape index (κ3) is 2.68. The standard InChI is InChI=1S/C10H11BrFNO2/c1-6(10(14)15)13(2)9-5-7(11)3-4-8(9)12/h3-6H,1-2H3,(H,14,15). The maximum absolute atomic E-state index is 13.4. The fourth-order valence-corrected chi connectivity index (χ4v) is 1.48. The lowest BCUT2D eigenvalue weighted by molar-refractivity contribution is -0.138. The van der Waals surface area contributed by atoms with E-state index >= 15 is 0 Å². The van der Waals surface area contributed by atoms with Crippen molar-refractivity contribution in [1.29, 1.82) is 0 Å². The number of nitrogens with zero attached hydrogens (tertiary/aromatic N) is 1. The van der Waals surface area contributed by atoms with Gasteiger partial charge in [-0.2, -0.15) is 0 Å². The fourth-order valence-electron chi connectivity index (χ4n) is 1.13. The molecule has 0 saturated carbocycles. The molecule has 82 valence electrons. The molecule has 3 nitrogen and oxygen atoms in total. The Balaban J connectivity index is 3.04. The summed E-state index contributed by atoms with van der Waals surface area (Å²) in [6.07, 6.45) is 0. The predicted octanol–water partition coefficient (Wildman–Crippen LogP) is 2.50. The molecule has 0 spiro atoms. The van der Waals surface area contributed by atoms with E-state index in [1.165, 1.54) is 17.9 Å². The number of carbonyl (C=O) groups is 1. The van der Waals surface area contributed by atoms with E-state index in [1.807, 2.05) is 0 Å². The van der Waals surface area contributed by atoms with Gasteiger partial charge in [0.05, 0.1) is 5.69 Å². The van der Waals surface area contributed by atoms with Crippen LogP contribution in [0, 0.1) is 5.82 Å². The summed E-state index contributed by atoms with van der Waals surface area (Å²) in [6.45, 7) is 1.50. The molecule has 1 N–H and O–H groups in total. The lowest BCUT2D eigenvalue weighted by Crippen LogP contribution is -2.36. The van der Waals surface area contributed by atoms with Crippen LogP contribution in [-0.4, -0.2) is 24.2 Å². The minimum Gasteiger partial charge on any atom is -0.480 e. The van der Waals surface area contributed by atoms with Crippen molar-refractivity contribution in [3.63, 3.8) is 0 Å². The van der Waals surface area contributed by atoms with Crippen molar-refractivity contribution in [2.45, 2.75) is 13.0 Å². The molecule has 1 aromatic carbocycles. The highest BCUT2D eigenvalue weighted by molar-refractivity contribution is 9.10. The molecular formula is C10H11BrFNO2. The molecule has 0 heterocycles. The Morgan fingerprint density at radius 2 is 2.20 bits per heavy atom. The van der Waals surface area contributed by atoms with E-state index in [0.717, 1.165) is 0 Å². The number of likely N-dealkylation sites (N-methyl/N-ethyl adjacent to an activating group) is 1. The molecule has 0 bridgehead atoms. The molecular weight excluding hydrogens is 265 g/mol. The van der Waals surface area contributed by atoms with Gasteiger partial charge < -0.3 is 10.0 Å². The minimum absolute atomic E-state index is 0.263. The van der Waals surface area contributed by atoms with Gasteiger partial charge in [0.1, 0.15) is 11.9 Å². The molecule has 1 unspecified atom stereocenters. The summed E-state index contributed by atoms with van der Waals surface area (Å²) in [5.74, 6) is -1.43. The monoisotopic (exact) mass is 275 g/mol. The quantitative estimate of drug-likeness (QED) is 0.922. The summed E-state index contributed by atoms with van der Waals surface area (Å²) in [5, 5.41) is 8.80. The normalized spacial score (nSPS) is 12.3. The van der Waals surface area contributed by atoms with Gasteiger partial charge in [0, 0.05) is 11.5 Å². The topological polar surface area (TPSA) is 40.5 Å². The van der Waals surface area contributed by atoms with Gasteiger partial charge >= 0.3 is 5.97 Å². The second-order valence-corrected chi connectivity index (χ2v) is 4.14. The Hall–Kier alpha value is -1.10. The highest BCUT2D eigenvalue weighted by Gasteiger charge is 2.19. The number of hydrogen-bond donors (Lipinski definition) is 1.